The van der Waals surface area contributed by atoms with Crippen molar-refractivity contribution < 1.29 is 14.7 Å². The van der Waals surface area contributed by atoms with Gasteiger partial charge >= 0.3 is 5.97 Å². The van der Waals surface area contributed by atoms with E-state index in [-0.39, 0.29) is 24.9 Å². The van der Waals surface area contributed by atoms with Gasteiger partial charge in [0.1, 0.15) is 0 Å². The van der Waals surface area contributed by atoms with E-state index in [4.69, 9.17) is 5.11 Å². The van der Waals surface area contributed by atoms with E-state index >= 15 is 0 Å². The lowest BCUT2D eigenvalue weighted by molar-refractivity contribution is -0.137. The molecule has 0 aliphatic rings. The number of hydrogen-bond donors (Lipinski definition) is 1. The van der Waals surface area contributed by atoms with E-state index in [9.17, 15) is 9.59 Å². The first-order chi connectivity index (χ1) is 11.3. The third-order valence-corrected chi connectivity index (χ3v) is 3.84. The number of carboxylic acids is 1. The van der Waals surface area contributed by atoms with Crippen molar-refractivity contribution in [3.63, 3.8) is 0 Å². The molecule has 0 atom stereocenters. The summed E-state index contributed by atoms with van der Waals surface area (Å²) in [6, 6.07) is 9.53. The second-order valence-corrected chi connectivity index (χ2v) is 6.15. The van der Waals surface area contributed by atoms with Crippen LogP contribution in [0.4, 0.5) is 0 Å². The fourth-order valence-corrected chi connectivity index (χ4v) is 2.48. The summed E-state index contributed by atoms with van der Waals surface area (Å²) >= 11 is 0. The lowest BCUT2D eigenvalue weighted by atomic mass is 10.2. The average molecular weight is 329 g/mol. The van der Waals surface area contributed by atoms with Crippen LogP contribution in [0.1, 0.15) is 42.0 Å². The van der Waals surface area contributed by atoms with Gasteiger partial charge in [0.25, 0.3) is 5.91 Å². The third kappa shape index (κ3) is 4.01. The zero-order valence-corrected chi connectivity index (χ0v) is 14.5. The summed E-state index contributed by atoms with van der Waals surface area (Å²) in [5.74, 6) is -1.17. The van der Waals surface area contributed by atoms with Gasteiger partial charge < -0.3 is 10.0 Å². The number of aryl methyl sites for hydroxylation is 2. The van der Waals surface area contributed by atoms with Gasteiger partial charge in [-0.25, -0.2) is 4.68 Å². The molecule has 1 amide bonds. The van der Waals surface area contributed by atoms with Gasteiger partial charge in [0.05, 0.1) is 12.1 Å². The van der Waals surface area contributed by atoms with Crippen molar-refractivity contribution in [2.75, 3.05) is 6.54 Å². The summed E-state index contributed by atoms with van der Waals surface area (Å²) in [7, 11) is 0. The van der Waals surface area contributed by atoms with E-state index in [0.29, 0.717) is 5.69 Å². The zero-order valence-electron chi connectivity index (χ0n) is 14.5. The minimum Gasteiger partial charge on any atom is -0.481 e. The lowest BCUT2D eigenvalue weighted by Crippen LogP contribution is -2.38. The monoisotopic (exact) mass is 329 g/mol. The quantitative estimate of drug-likeness (QED) is 0.884. The van der Waals surface area contributed by atoms with Gasteiger partial charge in [-0.05, 0) is 45.9 Å². The van der Waals surface area contributed by atoms with Crippen LogP contribution in [-0.4, -0.2) is 44.3 Å². The summed E-state index contributed by atoms with van der Waals surface area (Å²) in [6.07, 6.45) is -0.0818. The molecule has 1 aromatic carbocycles. The van der Waals surface area contributed by atoms with Crippen LogP contribution < -0.4 is 0 Å². The van der Waals surface area contributed by atoms with Crippen LogP contribution in [0.2, 0.25) is 0 Å². The molecule has 0 aliphatic carbocycles. The summed E-state index contributed by atoms with van der Waals surface area (Å²) in [6.45, 7) is 7.80. The van der Waals surface area contributed by atoms with Crippen molar-refractivity contribution in [3.8, 4) is 5.69 Å². The maximum atomic E-state index is 12.7. The number of carboxylic acid groups (broad SMARTS) is 1. The zero-order chi connectivity index (χ0) is 17.9. The highest BCUT2D eigenvalue weighted by molar-refractivity contribution is 5.93. The van der Waals surface area contributed by atoms with Crippen LogP contribution in [0.5, 0.6) is 0 Å². The number of hydrogen-bond acceptors (Lipinski definition) is 3. The van der Waals surface area contributed by atoms with Crippen molar-refractivity contribution in [2.45, 2.75) is 40.2 Å². The van der Waals surface area contributed by atoms with Crippen LogP contribution in [0.3, 0.4) is 0 Å². The van der Waals surface area contributed by atoms with E-state index < -0.39 is 5.97 Å². The Morgan fingerprint density at radius 3 is 2.38 bits per heavy atom. The predicted molar refractivity (Wildman–Crippen MR) is 91.5 cm³/mol. The molecule has 0 saturated heterocycles. The molecule has 1 N–H and O–H groups in total. The summed E-state index contributed by atoms with van der Waals surface area (Å²) < 4.78 is 1.72. The standard InChI is InChI=1S/C18H23N3O3/c1-12(2)20(10-9-17(22)23)18(24)16-11-14(4)21(19-16)15-7-5-13(3)6-8-15/h5-8,11-12H,9-10H2,1-4H3,(H,22,23). The van der Waals surface area contributed by atoms with Crippen molar-refractivity contribution >= 4 is 11.9 Å². The summed E-state index contributed by atoms with van der Waals surface area (Å²) in [4.78, 5) is 25.0. The first kappa shape index (κ1) is 17.7. The van der Waals surface area contributed by atoms with Crippen molar-refractivity contribution in [3.05, 3.63) is 47.3 Å². The SMILES string of the molecule is Cc1ccc(-n2nc(C(=O)N(CCC(=O)O)C(C)C)cc2C)cc1. The number of carbonyl (C=O) groups excluding carboxylic acids is 1. The number of rotatable bonds is 6. The maximum absolute atomic E-state index is 12.7. The van der Waals surface area contributed by atoms with E-state index in [1.807, 2.05) is 52.0 Å². The molecule has 0 bridgehead atoms. The number of benzene rings is 1. The fourth-order valence-electron chi connectivity index (χ4n) is 2.48. The molecule has 1 aromatic heterocycles. The first-order valence-electron chi connectivity index (χ1n) is 7.96. The van der Waals surface area contributed by atoms with Gasteiger partial charge in [0, 0.05) is 18.3 Å². The number of aromatic nitrogens is 2. The number of amides is 1. The largest absolute Gasteiger partial charge is 0.481 e. The topological polar surface area (TPSA) is 75.4 Å². The molecule has 0 saturated carbocycles. The molecule has 6 heteroatoms. The van der Waals surface area contributed by atoms with E-state index in [2.05, 4.69) is 5.10 Å². The minimum absolute atomic E-state index is 0.0818. The molecule has 0 aliphatic heterocycles. The van der Waals surface area contributed by atoms with Gasteiger partial charge in [0.15, 0.2) is 5.69 Å². The normalized spacial score (nSPS) is 10.9. The van der Waals surface area contributed by atoms with E-state index in [1.165, 1.54) is 4.90 Å². The Morgan fingerprint density at radius 1 is 1.21 bits per heavy atom. The molecule has 1 heterocycles. The van der Waals surface area contributed by atoms with Crippen LogP contribution in [0, 0.1) is 13.8 Å². The molecule has 0 fully saturated rings. The van der Waals surface area contributed by atoms with Crippen LogP contribution in [-0.2, 0) is 4.79 Å². The van der Waals surface area contributed by atoms with Gasteiger partial charge in [-0.1, -0.05) is 17.7 Å². The molecule has 0 radical (unpaired) electrons. The van der Waals surface area contributed by atoms with Gasteiger partial charge in [-0.3, -0.25) is 9.59 Å². The number of carbonyl (C=O) groups is 2. The second kappa shape index (κ2) is 7.29. The number of nitrogens with zero attached hydrogens (tertiary/aromatic N) is 3. The Morgan fingerprint density at radius 2 is 1.83 bits per heavy atom. The molecule has 2 rings (SSSR count). The Balaban J connectivity index is 2.27. The fraction of sp³-hybridized carbons (Fsp3) is 0.389. The summed E-state index contributed by atoms with van der Waals surface area (Å²) in [5, 5.41) is 13.3. The van der Waals surface area contributed by atoms with Crippen molar-refractivity contribution in [1.82, 2.24) is 14.7 Å². The highest BCUT2D eigenvalue weighted by Crippen LogP contribution is 2.15. The maximum Gasteiger partial charge on any atom is 0.305 e. The average Bonchev–Trinajstić information content (AvgIpc) is 2.89. The molecule has 0 unspecified atom stereocenters. The minimum atomic E-state index is -0.921. The molecule has 6 nitrogen and oxygen atoms in total. The molecule has 0 spiro atoms. The van der Waals surface area contributed by atoms with Crippen LogP contribution in [0.25, 0.3) is 5.69 Å². The van der Waals surface area contributed by atoms with Crippen molar-refractivity contribution in [1.29, 1.82) is 0 Å². The Labute approximate surface area is 141 Å². The molecule has 24 heavy (non-hydrogen) atoms. The van der Waals surface area contributed by atoms with Crippen molar-refractivity contribution in [2.24, 2.45) is 0 Å². The van der Waals surface area contributed by atoms with Crippen LogP contribution in [0.15, 0.2) is 30.3 Å². The molecule has 2 aromatic rings. The Hall–Kier alpha value is -2.63. The van der Waals surface area contributed by atoms with E-state index in [1.54, 1.807) is 10.7 Å². The molecular formula is C18H23N3O3. The number of aliphatic carboxylic acids is 1. The summed E-state index contributed by atoms with van der Waals surface area (Å²) in [5.41, 5.74) is 3.22. The first-order valence-corrected chi connectivity index (χ1v) is 7.96. The smallest absolute Gasteiger partial charge is 0.305 e. The highest BCUT2D eigenvalue weighted by Gasteiger charge is 2.22. The molecular weight excluding hydrogens is 306 g/mol. The van der Waals surface area contributed by atoms with Gasteiger partial charge in [-0.2, -0.15) is 5.10 Å². The predicted octanol–water partition coefficient (Wildman–Crippen LogP) is 2.81. The van der Waals surface area contributed by atoms with Crippen LogP contribution >= 0.6 is 0 Å². The lowest BCUT2D eigenvalue weighted by Gasteiger charge is -2.25. The second-order valence-electron chi connectivity index (χ2n) is 6.15. The Bertz CT molecular complexity index is 732. The van der Waals surface area contributed by atoms with Gasteiger partial charge in [-0.15, -0.1) is 0 Å². The molecule has 128 valence electrons. The van der Waals surface area contributed by atoms with E-state index in [0.717, 1.165) is 16.9 Å². The Kier molecular flexibility index (Phi) is 5.39. The third-order valence-electron chi connectivity index (χ3n) is 3.84. The van der Waals surface area contributed by atoms with Gasteiger partial charge in [0.2, 0.25) is 0 Å². The highest BCUT2D eigenvalue weighted by atomic mass is 16.4.